The first-order valence-corrected chi connectivity index (χ1v) is 12.3. The summed E-state index contributed by atoms with van der Waals surface area (Å²) in [5.41, 5.74) is 7.60. The fourth-order valence-corrected chi connectivity index (χ4v) is 5.17. The number of ether oxygens (including phenoxy) is 1. The average Bonchev–Trinajstić information content (AvgIpc) is 3.15. The summed E-state index contributed by atoms with van der Waals surface area (Å²) in [6.07, 6.45) is -0.400. The van der Waals surface area contributed by atoms with E-state index in [-0.39, 0.29) is 12.0 Å². The molecular formula is C26H26N2O2S2. The van der Waals surface area contributed by atoms with E-state index >= 15 is 0 Å². The minimum atomic E-state index is -0.400. The van der Waals surface area contributed by atoms with E-state index in [0.717, 1.165) is 11.5 Å². The van der Waals surface area contributed by atoms with Crippen LogP contribution in [0.1, 0.15) is 22.6 Å². The van der Waals surface area contributed by atoms with Gasteiger partial charge in [0.05, 0.1) is 11.5 Å². The first-order valence-electron chi connectivity index (χ1n) is 10.7. The van der Waals surface area contributed by atoms with Crippen molar-refractivity contribution >= 4 is 35.6 Å². The number of hydrogen-bond donors (Lipinski definition) is 2. The van der Waals surface area contributed by atoms with Gasteiger partial charge in [-0.1, -0.05) is 91.1 Å². The molecule has 4 nitrogen and oxygen atoms in total. The fraction of sp³-hybridized carbons (Fsp3) is 0.231. The fourth-order valence-electron chi connectivity index (χ4n) is 4.04. The summed E-state index contributed by atoms with van der Waals surface area (Å²) < 4.78 is 5.69. The molecule has 1 aliphatic carbocycles. The normalized spacial score (nSPS) is 13.0. The van der Waals surface area contributed by atoms with Crippen molar-refractivity contribution in [3.8, 4) is 11.1 Å². The van der Waals surface area contributed by atoms with Crippen LogP contribution in [0.5, 0.6) is 0 Å². The van der Waals surface area contributed by atoms with Gasteiger partial charge in [0, 0.05) is 24.0 Å². The third kappa shape index (κ3) is 5.50. The van der Waals surface area contributed by atoms with Crippen LogP contribution in [0.25, 0.3) is 11.1 Å². The van der Waals surface area contributed by atoms with Crippen molar-refractivity contribution in [1.29, 1.82) is 0 Å². The van der Waals surface area contributed by atoms with E-state index in [0.29, 0.717) is 13.2 Å². The van der Waals surface area contributed by atoms with Crippen LogP contribution >= 0.6 is 24.0 Å². The molecule has 0 unspecified atom stereocenters. The Bertz CT molecular complexity index is 1010. The highest BCUT2D eigenvalue weighted by Crippen LogP contribution is 2.44. The van der Waals surface area contributed by atoms with Crippen LogP contribution in [0.3, 0.4) is 0 Å². The van der Waals surface area contributed by atoms with Gasteiger partial charge in [-0.05, 0) is 27.8 Å². The Labute approximate surface area is 198 Å². The molecule has 0 bridgehead atoms. The van der Waals surface area contributed by atoms with Gasteiger partial charge in [0.2, 0.25) is 0 Å². The predicted octanol–water partition coefficient (Wildman–Crippen LogP) is 5.37. The molecule has 2 N–H and O–H groups in total. The maximum absolute atomic E-state index is 12.6. The number of rotatable bonds is 10. The summed E-state index contributed by atoms with van der Waals surface area (Å²) in [5, 5.41) is 6.03. The van der Waals surface area contributed by atoms with E-state index in [1.54, 1.807) is 11.8 Å². The smallest absolute Gasteiger partial charge is 0.407 e. The summed E-state index contributed by atoms with van der Waals surface area (Å²) >= 11 is 6.66. The van der Waals surface area contributed by atoms with Crippen LogP contribution in [0.4, 0.5) is 4.79 Å². The molecule has 0 saturated carbocycles. The van der Waals surface area contributed by atoms with Gasteiger partial charge in [0.1, 0.15) is 6.61 Å². The Morgan fingerprint density at radius 2 is 1.59 bits per heavy atom. The van der Waals surface area contributed by atoms with Crippen LogP contribution in [0.15, 0.2) is 78.9 Å². The number of benzene rings is 3. The lowest BCUT2D eigenvalue weighted by Crippen LogP contribution is -2.43. The molecule has 3 aromatic carbocycles. The van der Waals surface area contributed by atoms with E-state index in [1.165, 1.54) is 33.3 Å². The van der Waals surface area contributed by atoms with Crippen LogP contribution in [-0.2, 0) is 10.5 Å². The molecule has 3 aromatic rings. The van der Waals surface area contributed by atoms with Crippen molar-refractivity contribution in [3.05, 3.63) is 95.6 Å². The topological polar surface area (TPSA) is 50.4 Å². The maximum Gasteiger partial charge on any atom is 0.407 e. The molecule has 1 atom stereocenters. The van der Waals surface area contributed by atoms with Gasteiger partial charge in [-0.3, -0.25) is 0 Å². The molecule has 0 heterocycles. The molecule has 164 valence electrons. The zero-order valence-electron chi connectivity index (χ0n) is 17.7. The Balaban J connectivity index is 1.33. The lowest BCUT2D eigenvalue weighted by Gasteiger charge is -2.20. The second kappa shape index (κ2) is 11.2. The number of amides is 1. The number of alkyl carbamates (subject to hydrolysis) is 1. The summed E-state index contributed by atoms with van der Waals surface area (Å²) in [5.74, 6) is 1.70. The highest BCUT2D eigenvalue weighted by molar-refractivity contribution is 7.98. The molecule has 0 saturated heterocycles. The Hall–Kier alpha value is -2.83. The van der Waals surface area contributed by atoms with Crippen molar-refractivity contribution in [3.63, 3.8) is 0 Å². The minimum absolute atomic E-state index is 0.0538. The number of carbonyl (C=O) groups excluding carboxylic acids is 1. The number of hydrogen-bond acceptors (Lipinski definition) is 4. The van der Waals surface area contributed by atoms with E-state index in [2.05, 4.69) is 47.0 Å². The van der Waals surface area contributed by atoms with Crippen LogP contribution in [0, 0.1) is 0 Å². The van der Waals surface area contributed by atoms with Crippen LogP contribution in [0.2, 0.25) is 0 Å². The van der Waals surface area contributed by atoms with Crippen molar-refractivity contribution in [2.45, 2.75) is 17.7 Å². The molecular weight excluding hydrogens is 436 g/mol. The molecule has 32 heavy (non-hydrogen) atoms. The van der Waals surface area contributed by atoms with E-state index in [4.69, 9.17) is 17.0 Å². The highest BCUT2D eigenvalue weighted by Gasteiger charge is 2.29. The van der Waals surface area contributed by atoms with Gasteiger partial charge >= 0.3 is 6.09 Å². The van der Waals surface area contributed by atoms with Gasteiger partial charge in [-0.2, -0.15) is 11.8 Å². The molecule has 0 aliphatic heterocycles. The number of carbonyl (C=O) groups is 1. The van der Waals surface area contributed by atoms with E-state index < -0.39 is 6.09 Å². The van der Waals surface area contributed by atoms with Gasteiger partial charge in [0.25, 0.3) is 0 Å². The lowest BCUT2D eigenvalue weighted by molar-refractivity contribution is 0.140. The van der Waals surface area contributed by atoms with E-state index in [9.17, 15) is 4.79 Å². The minimum Gasteiger partial charge on any atom is -0.449 e. The number of fused-ring (bicyclic) bond motifs is 3. The van der Waals surface area contributed by atoms with Crippen molar-refractivity contribution in [1.82, 2.24) is 10.6 Å². The molecule has 0 spiro atoms. The van der Waals surface area contributed by atoms with Gasteiger partial charge in [-0.25, -0.2) is 4.79 Å². The summed E-state index contributed by atoms with van der Waals surface area (Å²) in [7, 11) is 0. The number of nitrogens with one attached hydrogen (secondary N) is 2. The first kappa shape index (κ1) is 22.4. The van der Waals surface area contributed by atoms with Gasteiger partial charge in [-0.15, -0.1) is 0 Å². The van der Waals surface area contributed by atoms with Crippen molar-refractivity contribution < 1.29 is 9.53 Å². The van der Waals surface area contributed by atoms with Gasteiger partial charge < -0.3 is 15.4 Å². The molecule has 1 amide bonds. The predicted molar refractivity (Wildman–Crippen MR) is 136 cm³/mol. The third-order valence-corrected chi connectivity index (χ3v) is 6.89. The molecule has 0 radical (unpaired) electrons. The maximum atomic E-state index is 12.6. The Morgan fingerprint density at radius 1 is 0.969 bits per heavy atom. The van der Waals surface area contributed by atoms with Crippen molar-refractivity contribution in [2.24, 2.45) is 0 Å². The molecule has 0 fully saturated rings. The SMILES string of the molecule is O=C(N[C@H](CNC=S)CSCc1ccccc1)OCC1c2ccccc2-c2ccccc21. The second-order valence-electron chi connectivity index (χ2n) is 7.69. The zero-order valence-corrected chi connectivity index (χ0v) is 19.3. The summed E-state index contributed by atoms with van der Waals surface area (Å²) in [6.45, 7) is 0.875. The molecule has 4 rings (SSSR count). The lowest BCUT2D eigenvalue weighted by atomic mass is 9.98. The molecule has 1 aliphatic rings. The van der Waals surface area contributed by atoms with Gasteiger partial charge in [0.15, 0.2) is 0 Å². The highest BCUT2D eigenvalue weighted by atomic mass is 32.2. The molecule has 6 heteroatoms. The van der Waals surface area contributed by atoms with Crippen molar-refractivity contribution in [2.75, 3.05) is 18.9 Å². The second-order valence-corrected chi connectivity index (χ2v) is 8.96. The van der Waals surface area contributed by atoms with Crippen LogP contribution in [-0.4, -0.2) is 36.5 Å². The number of thiocarbonyl (C=S) groups is 1. The standard InChI is InChI=1S/C26H26N2O2S2/c29-26(28-20(14-27-18-31)17-32-16-19-8-2-1-3-9-19)30-15-25-23-12-6-4-10-21(23)22-11-5-7-13-24(22)25/h1-13,18,20,25H,14-17H2,(H,27,31)(H,28,29)/t20-/m1/s1. The summed E-state index contributed by atoms with van der Waals surface area (Å²) in [6, 6.07) is 26.9. The number of thioether (sulfide) groups is 1. The molecule has 0 aromatic heterocycles. The summed E-state index contributed by atoms with van der Waals surface area (Å²) in [4.78, 5) is 12.6. The largest absolute Gasteiger partial charge is 0.449 e. The van der Waals surface area contributed by atoms with E-state index in [1.807, 2.05) is 42.5 Å². The quantitative estimate of drug-likeness (QED) is 0.397. The average molecular weight is 463 g/mol. The Morgan fingerprint density at radius 3 is 2.25 bits per heavy atom. The monoisotopic (exact) mass is 462 g/mol. The zero-order chi connectivity index (χ0) is 22.2. The Kier molecular flexibility index (Phi) is 7.80. The van der Waals surface area contributed by atoms with Crippen LogP contribution < -0.4 is 10.6 Å². The third-order valence-electron chi connectivity index (χ3n) is 5.54. The first-order chi connectivity index (χ1) is 15.8.